The van der Waals surface area contributed by atoms with Crippen LogP contribution in [0.4, 0.5) is 0 Å². The van der Waals surface area contributed by atoms with Gasteiger partial charge in [0.25, 0.3) is 5.91 Å². The van der Waals surface area contributed by atoms with Crippen LogP contribution in [0.3, 0.4) is 0 Å². The molecule has 8 nitrogen and oxygen atoms in total. The van der Waals surface area contributed by atoms with Crippen LogP contribution in [0, 0.1) is 5.92 Å². The summed E-state index contributed by atoms with van der Waals surface area (Å²) in [6.45, 7) is 9.16. The molecule has 8 heteroatoms. The lowest BCUT2D eigenvalue weighted by Gasteiger charge is -2.30. The Bertz CT molecular complexity index is 702. The predicted octanol–water partition coefficient (Wildman–Crippen LogP) is -1.31. The number of benzene rings is 1. The number of methoxy groups -OCH3 is 3. The number of carbonyl (C=O) groups excluding carboxylic acids is 2. The van der Waals surface area contributed by atoms with E-state index in [0.29, 0.717) is 18.9 Å². The summed E-state index contributed by atoms with van der Waals surface area (Å²) in [4.78, 5) is 27.1. The largest absolute Gasteiger partial charge is 0.493 e. The summed E-state index contributed by atoms with van der Waals surface area (Å²) >= 11 is 0. The van der Waals surface area contributed by atoms with Gasteiger partial charge in [0.15, 0.2) is 18.0 Å². The summed E-state index contributed by atoms with van der Waals surface area (Å²) < 4.78 is 15.5. The maximum absolute atomic E-state index is 12.5. The average molecular weight is 424 g/mol. The lowest BCUT2D eigenvalue weighted by molar-refractivity contribution is -1.02. The number of piperazine rings is 1. The Morgan fingerprint density at radius 3 is 2.20 bits per heavy atom. The van der Waals surface area contributed by atoms with Gasteiger partial charge in [0, 0.05) is 5.56 Å². The molecule has 1 aliphatic heterocycles. The summed E-state index contributed by atoms with van der Waals surface area (Å²) in [6.07, 6.45) is 0.580. The van der Waals surface area contributed by atoms with Crippen LogP contribution < -0.4 is 24.6 Å². The summed E-state index contributed by atoms with van der Waals surface area (Å²) in [7, 11) is 4.64. The SMILES string of the molecule is COC(=O)[C@@H](CC(C)C)NC(=O)C[NH+]1CC[NH+](Cc2ccc(OC)c(OC)c2)CC1. The van der Waals surface area contributed by atoms with E-state index in [2.05, 4.69) is 11.4 Å². The molecule has 1 fully saturated rings. The molecule has 0 aromatic heterocycles. The molecule has 0 aliphatic carbocycles. The van der Waals surface area contributed by atoms with Crippen LogP contribution in [-0.4, -0.2) is 72.0 Å². The third kappa shape index (κ3) is 7.18. The van der Waals surface area contributed by atoms with Crippen molar-refractivity contribution < 1.29 is 33.6 Å². The topological polar surface area (TPSA) is 82.7 Å². The van der Waals surface area contributed by atoms with Crippen molar-refractivity contribution in [2.45, 2.75) is 32.9 Å². The van der Waals surface area contributed by atoms with Crippen LogP contribution in [0.25, 0.3) is 0 Å². The second-order valence-electron chi connectivity index (χ2n) is 8.32. The Kier molecular flexibility index (Phi) is 9.39. The van der Waals surface area contributed by atoms with Crippen molar-refractivity contribution in [3.63, 3.8) is 0 Å². The molecule has 0 spiro atoms. The fourth-order valence-corrected chi connectivity index (χ4v) is 3.89. The van der Waals surface area contributed by atoms with Crippen molar-refractivity contribution in [3.8, 4) is 11.5 Å². The smallest absolute Gasteiger partial charge is 0.328 e. The fourth-order valence-electron chi connectivity index (χ4n) is 3.89. The first-order valence-electron chi connectivity index (χ1n) is 10.6. The summed E-state index contributed by atoms with van der Waals surface area (Å²) in [5.41, 5.74) is 1.21. The number of carbonyl (C=O) groups is 2. The molecule has 0 unspecified atom stereocenters. The van der Waals surface area contributed by atoms with Crippen molar-refractivity contribution in [2.75, 3.05) is 54.1 Å². The molecule has 1 aromatic rings. The van der Waals surface area contributed by atoms with Crippen molar-refractivity contribution in [2.24, 2.45) is 5.92 Å². The van der Waals surface area contributed by atoms with E-state index in [1.165, 1.54) is 22.5 Å². The fraction of sp³-hybridized carbons (Fsp3) is 0.636. The van der Waals surface area contributed by atoms with Gasteiger partial charge in [0.1, 0.15) is 38.8 Å². The average Bonchev–Trinajstić information content (AvgIpc) is 2.73. The molecule has 1 heterocycles. The van der Waals surface area contributed by atoms with Crippen LogP contribution >= 0.6 is 0 Å². The Morgan fingerprint density at radius 1 is 1.00 bits per heavy atom. The highest BCUT2D eigenvalue weighted by atomic mass is 16.5. The minimum Gasteiger partial charge on any atom is -0.493 e. The van der Waals surface area contributed by atoms with E-state index in [1.807, 2.05) is 26.0 Å². The molecule has 3 N–H and O–H groups in total. The first-order chi connectivity index (χ1) is 14.4. The zero-order valence-corrected chi connectivity index (χ0v) is 18.9. The van der Waals surface area contributed by atoms with Crippen LogP contribution in [0.1, 0.15) is 25.8 Å². The summed E-state index contributed by atoms with van der Waals surface area (Å²) in [6, 6.07) is 5.47. The van der Waals surface area contributed by atoms with Crippen molar-refractivity contribution in [1.29, 1.82) is 0 Å². The van der Waals surface area contributed by atoms with Gasteiger partial charge in [0.2, 0.25) is 0 Å². The minimum atomic E-state index is -0.570. The lowest BCUT2D eigenvalue weighted by atomic mass is 10.0. The van der Waals surface area contributed by atoms with Gasteiger partial charge in [-0.15, -0.1) is 0 Å². The van der Waals surface area contributed by atoms with Crippen LogP contribution in [0.5, 0.6) is 11.5 Å². The molecule has 1 amide bonds. The summed E-state index contributed by atoms with van der Waals surface area (Å²) in [5.74, 6) is 1.31. The molecular weight excluding hydrogens is 386 g/mol. The molecule has 168 valence electrons. The second kappa shape index (κ2) is 11.8. The third-order valence-corrected chi connectivity index (χ3v) is 5.50. The molecule has 2 rings (SSSR count). The molecule has 0 saturated carbocycles. The molecule has 1 aliphatic rings. The maximum atomic E-state index is 12.5. The quantitative estimate of drug-likeness (QED) is 0.407. The van der Waals surface area contributed by atoms with Gasteiger partial charge in [-0.25, -0.2) is 4.79 Å². The highest BCUT2D eigenvalue weighted by Gasteiger charge is 2.28. The number of ether oxygens (including phenoxy) is 3. The Hall–Kier alpha value is -2.32. The second-order valence-corrected chi connectivity index (χ2v) is 8.32. The standard InChI is InChI=1S/C22H35N3O5/c1-16(2)12-18(22(27)30-5)23-21(26)15-25-10-8-24(9-11-25)14-17-6-7-19(28-3)20(13-17)29-4/h6-7,13,16,18H,8-12,14-15H2,1-5H3,(H,23,26)/p+2/t18-/m1/s1. The van der Waals surface area contributed by atoms with Gasteiger partial charge in [-0.05, 0) is 30.5 Å². The first kappa shape index (κ1) is 24.0. The number of quaternary nitrogens is 2. The van der Waals surface area contributed by atoms with Crippen molar-refractivity contribution >= 4 is 11.9 Å². The van der Waals surface area contributed by atoms with Gasteiger partial charge in [0.05, 0.1) is 21.3 Å². The Balaban J connectivity index is 1.81. The van der Waals surface area contributed by atoms with Crippen molar-refractivity contribution in [1.82, 2.24) is 5.32 Å². The molecule has 1 saturated heterocycles. The van der Waals surface area contributed by atoms with Crippen molar-refractivity contribution in [3.05, 3.63) is 23.8 Å². The van der Waals surface area contributed by atoms with Crippen LogP contribution in [0.15, 0.2) is 18.2 Å². The monoisotopic (exact) mass is 423 g/mol. The Morgan fingerprint density at radius 2 is 1.63 bits per heavy atom. The van der Waals surface area contributed by atoms with Gasteiger partial charge in [-0.2, -0.15) is 0 Å². The molecule has 1 atom stereocenters. The molecule has 0 radical (unpaired) electrons. The van der Waals surface area contributed by atoms with E-state index < -0.39 is 6.04 Å². The molecular formula is C22H37N3O5+2. The maximum Gasteiger partial charge on any atom is 0.328 e. The molecule has 30 heavy (non-hydrogen) atoms. The van der Waals surface area contributed by atoms with E-state index >= 15 is 0 Å². The van der Waals surface area contributed by atoms with E-state index in [9.17, 15) is 9.59 Å². The number of hydrogen-bond acceptors (Lipinski definition) is 5. The minimum absolute atomic E-state index is 0.0932. The third-order valence-electron chi connectivity index (χ3n) is 5.50. The molecule has 1 aromatic carbocycles. The first-order valence-corrected chi connectivity index (χ1v) is 10.6. The van der Waals surface area contributed by atoms with Gasteiger partial charge < -0.3 is 29.3 Å². The number of nitrogens with one attached hydrogen (secondary N) is 3. The van der Waals surface area contributed by atoms with Crippen LogP contribution in [0.2, 0.25) is 0 Å². The number of hydrogen-bond donors (Lipinski definition) is 3. The molecule has 0 bridgehead atoms. The van der Waals surface area contributed by atoms with E-state index in [-0.39, 0.29) is 11.9 Å². The van der Waals surface area contributed by atoms with E-state index in [4.69, 9.17) is 14.2 Å². The normalized spacial score (nSPS) is 19.8. The lowest BCUT2D eigenvalue weighted by Crippen LogP contribution is -3.28. The number of rotatable bonds is 10. The van der Waals surface area contributed by atoms with E-state index in [1.54, 1.807) is 14.2 Å². The van der Waals surface area contributed by atoms with E-state index in [0.717, 1.165) is 44.2 Å². The number of amides is 1. The van der Waals surface area contributed by atoms with Crippen LogP contribution in [-0.2, 0) is 20.9 Å². The van der Waals surface area contributed by atoms with Gasteiger partial charge >= 0.3 is 5.97 Å². The predicted molar refractivity (Wildman–Crippen MR) is 113 cm³/mol. The zero-order valence-electron chi connectivity index (χ0n) is 18.9. The van der Waals surface area contributed by atoms with Gasteiger partial charge in [-0.1, -0.05) is 13.8 Å². The highest BCUT2D eigenvalue weighted by molar-refractivity contribution is 5.84. The number of esters is 1. The van der Waals surface area contributed by atoms with Gasteiger partial charge in [-0.3, -0.25) is 4.79 Å². The summed E-state index contributed by atoms with van der Waals surface area (Å²) in [5, 5.41) is 2.85. The highest BCUT2D eigenvalue weighted by Crippen LogP contribution is 2.27. The zero-order chi connectivity index (χ0) is 22.1. The Labute approximate surface area is 179 Å².